The van der Waals surface area contributed by atoms with E-state index in [9.17, 15) is 8.42 Å². The Hall–Kier alpha value is 0.0799. The van der Waals surface area contributed by atoms with Gasteiger partial charge in [0, 0.05) is 11.5 Å². The lowest BCUT2D eigenvalue weighted by atomic mass is 9.69. The van der Waals surface area contributed by atoms with E-state index in [1.165, 1.54) is 0 Å². The van der Waals surface area contributed by atoms with Crippen molar-refractivity contribution in [2.24, 2.45) is 0 Å². The van der Waals surface area contributed by atoms with Gasteiger partial charge in [-0.2, -0.15) is 0 Å². The fraction of sp³-hybridized carbons (Fsp3) is 1.00. The Morgan fingerprint density at radius 2 is 1.44 bits per heavy atom. The first-order chi connectivity index (χ1) is 4.01. The van der Waals surface area contributed by atoms with Gasteiger partial charge in [-0.1, -0.05) is 11.6 Å². The highest BCUT2D eigenvalue weighted by Crippen LogP contribution is 2.29. The third-order valence-electron chi connectivity index (χ3n) is 1.44. The van der Waals surface area contributed by atoms with Gasteiger partial charge in [0.2, 0.25) is 0 Å². The van der Waals surface area contributed by atoms with Crippen molar-refractivity contribution < 1.29 is 8.42 Å². The molecule has 0 N–H and O–H groups in total. The van der Waals surface area contributed by atoms with Gasteiger partial charge in [0.15, 0.2) is 0 Å². The molecular formula is C4H6B2O2S. The monoisotopic (exact) mass is 140 g/mol. The van der Waals surface area contributed by atoms with E-state index in [0.29, 0.717) is 0 Å². The molecule has 1 rings (SSSR count). The van der Waals surface area contributed by atoms with Crippen LogP contribution < -0.4 is 0 Å². The van der Waals surface area contributed by atoms with E-state index in [0.717, 1.165) is 0 Å². The molecule has 9 heavy (non-hydrogen) atoms. The normalized spacial score (nSPS) is 40.9. The van der Waals surface area contributed by atoms with Gasteiger partial charge >= 0.3 is 0 Å². The third-order valence-corrected chi connectivity index (χ3v) is 3.23. The summed E-state index contributed by atoms with van der Waals surface area (Å²) < 4.78 is 21.4. The highest BCUT2D eigenvalue weighted by molar-refractivity contribution is 7.91. The zero-order valence-electron chi connectivity index (χ0n) is 4.95. The molecule has 0 spiro atoms. The molecule has 4 radical (unpaired) electrons. The Morgan fingerprint density at radius 1 is 1.11 bits per heavy atom. The van der Waals surface area contributed by atoms with E-state index in [4.69, 9.17) is 15.7 Å². The standard InChI is InChI=1S/C4H6B2O2S/c5-3-1-9(7,8)2-4(3)6/h3-4H,1-2H2/t3-,4+. The minimum atomic E-state index is -2.89. The first-order valence-corrected chi connectivity index (χ1v) is 4.55. The number of rotatable bonds is 0. The van der Waals surface area contributed by atoms with Crippen molar-refractivity contribution in [1.29, 1.82) is 0 Å². The molecule has 1 saturated heterocycles. The van der Waals surface area contributed by atoms with Crippen LogP contribution in [0.1, 0.15) is 0 Å². The minimum Gasteiger partial charge on any atom is -0.229 e. The Bertz CT molecular complexity index is 183. The van der Waals surface area contributed by atoms with Crippen LogP contribution in [-0.2, 0) is 9.84 Å². The van der Waals surface area contributed by atoms with Gasteiger partial charge in [-0.25, -0.2) is 8.42 Å². The second-order valence-electron chi connectivity index (χ2n) is 2.40. The summed E-state index contributed by atoms with van der Waals surface area (Å²) in [5.41, 5.74) is 0. The van der Waals surface area contributed by atoms with Crippen LogP contribution in [0.3, 0.4) is 0 Å². The average molecular weight is 140 g/mol. The summed E-state index contributed by atoms with van der Waals surface area (Å²) in [6.45, 7) is 0. The molecule has 2 atom stereocenters. The molecule has 0 saturated carbocycles. The lowest BCUT2D eigenvalue weighted by molar-refractivity contribution is 0.602. The fourth-order valence-corrected chi connectivity index (χ4v) is 2.71. The highest BCUT2D eigenvalue weighted by atomic mass is 32.2. The molecule has 1 aliphatic heterocycles. The Labute approximate surface area is 57.8 Å². The average Bonchev–Trinajstić information content (AvgIpc) is 1.79. The summed E-state index contributed by atoms with van der Waals surface area (Å²) in [6, 6.07) is 0. The summed E-state index contributed by atoms with van der Waals surface area (Å²) in [5, 5.41) is 0. The Morgan fingerprint density at radius 3 is 1.56 bits per heavy atom. The minimum absolute atomic E-state index is 0.0498. The van der Waals surface area contributed by atoms with Crippen LogP contribution >= 0.6 is 0 Å². The lowest BCUT2D eigenvalue weighted by Crippen LogP contribution is -2.01. The van der Waals surface area contributed by atoms with Crippen LogP contribution in [0, 0.1) is 0 Å². The lowest BCUT2D eigenvalue weighted by Gasteiger charge is -2.03. The zero-order chi connectivity index (χ0) is 7.07. The molecule has 2 nitrogen and oxygen atoms in total. The van der Waals surface area contributed by atoms with Crippen molar-refractivity contribution in [2.45, 2.75) is 11.6 Å². The van der Waals surface area contributed by atoms with Gasteiger partial charge in [0.25, 0.3) is 0 Å². The SMILES string of the molecule is [B][C@@H]1CS(=O)(=O)C[C@@H]1[B]. The summed E-state index contributed by atoms with van der Waals surface area (Å²) >= 11 is 0. The molecule has 0 aromatic heterocycles. The molecular weight excluding hydrogens is 134 g/mol. The Kier molecular flexibility index (Phi) is 1.63. The topological polar surface area (TPSA) is 34.1 Å². The molecule has 1 fully saturated rings. The van der Waals surface area contributed by atoms with Crippen molar-refractivity contribution in [1.82, 2.24) is 0 Å². The van der Waals surface area contributed by atoms with Crippen LogP contribution in [0.5, 0.6) is 0 Å². The van der Waals surface area contributed by atoms with E-state index >= 15 is 0 Å². The second kappa shape index (κ2) is 2.04. The summed E-state index contributed by atoms with van der Waals surface area (Å²) in [7, 11) is 7.80. The number of sulfone groups is 1. The van der Waals surface area contributed by atoms with Gasteiger partial charge in [0.1, 0.15) is 9.84 Å². The van der Waals surface area contributed by atoms with Gasteiger partial charge in [0.05, 0.1) is 15.7 Å². The maximum atomic E-state index is 10.7. The molecule has 0 aliphatic carbocycles. The van der Waals surface area contributed by atoms with Crippen molar-refractivity contribution in [2.75, 3.05) is 11.5 Å². The van der Waals surface area contributed by atoms with Crippen LogP contribution in [0.4, 0.5) is 0 Å². The molecule has 1 heterocycles. The summed E-state index contributed by atoms with van der Waals surface area (Å²) in [6.07, 6.45) is 0. The fourth-order valence-electron chi connectivity index (χ4n) is 0.902. The molecule has 0 aromatic carbocycles. The predicted molar refractivity (Wildman–Crippen MR) is 37.7 cm³/mol. The van der Waals surface area contributed by atoms with Crippen LogP contribution in [0.15, 0.2) is 0 Å². The first-order valence-electron chi connectivity index (χ1n) is 2.73. The second-order valence-corrected chi connectivity index (χ2v) is 4.56. The predicted octanol–water partition coefficient (Wildman–Crippen LogP) is -0.671. The number of hydrogen-bond acceptors (Lipinski definition) is 2. The molecule has 46 valence electrons. The van der Waals surface area contributed by atoms with Crippen molar-refractivity contribution >= 4 is 25.5 Å². The van der Waals surface area contributed by atoms with Gasteiger partial charge in [-0.05, 0) is 0 Å². The molecule has 0 bridgehead atoms. The van der Waals surface area contributed by atoms with Crippen LogP contribution in [0.2, 0.25) is 11.6 Å². The molecule has 0 unspecified atom stereocenters. The van der Waals surface area contributed by atoms with E-state index in [1.807, 2.05) is 0 Å². The molecule has 0 amide bonds. The van der Waals surface area contributed by atoms with E-state index in [2.05, 4.69) is 0 Å². The maximum absolute atomic E-state index is 10.7. The largest absolute Gasteiger partial charge is 0.229 e. The third kappa shape index (κ3) is 1.51. The molecule has 5 heteroatoms. The van der Waals surface area contributed by atoms with Crippen molar-refractivity contribution in [3.05, 3.63) is 0 Å². The van der Waals surface area contributed by atoms with Crippen molar-refractivity contribution in [3.63, 3.8) is 0 Å². The van der Waals surface area contributed by atoms with Crippen LogP contribution in [0.25, 0.3) is 0 Å². The van der Waals surface area contributed by atoms with E-state index in [-0.39, 0.29) is 23.1 Å². The summed E-state index contributed by atoms with van der Waals surface area (Å²) in [4.78, 5) is 0. The van der Waals surface area contributed by atoms with Gasteiger partial charge < -0.3 is 0 Å². The molecule has 1 aliphatic rings. The highest BCUT2D eigenvalue weighted by Gasteiger charge is 2.30. The summed E-state index contributed by atoms with van der Waals surface area (Å²) in [5.74, 6) is -0.604. The smallest absolute Gasteiger partial charge is 0.149 e. The van der Waals surface area contributed by atoms with E-state index < -0.39 is 9.84 Å². The Balaban J connectivity index is 2.77. The molecule has 0 aromatic rings. The number of hydrogen-bond donors (Lipinski definition) is 0. The quantitative estimate of drug-likeness (QED) is 0.418. The van der Waals surface area contributed by atoms with Crippen molar-refractivity contribution in [3.8, 4) is 0 Å². The van der Waals surface area contributed by atoms with Gasteiger partial charge in [-0.3, -0.25) is 0 Å². The maximum Gasteiger partial charge on any atom is 0.149 e. The van der Waals surface area contributed by atoms with Gasteiger partial charge in [-0.15, -0.1) is 0 Å². The first kappa shape index (κ1) is 7.19. The van der Waals surface area contributed by atoms with Crippen LogP contribution in [-0.4, -0.2) is 35.6 Å². The van der Waals surface area contributed by atoms with E-state index in [1.54, 1.807) is 0 Å². The zero-order valence-corrected chi connectivity index (χ0v) is 5.76.